The van der Waals surface area contributed by atoms with E-state index in [4.69, 9.17) is 4.74 Å². The zero-order chi connectivity index (χ0) is 17.5. The molecule has 23 heavy (non-hydrogen) atoms. The largest absolute Gasteiger partial charge is 0.444 e. The van der Waals surface area contributed by atoms with Crippen LogP contribution >= 0.6 is 0 Å². The molecule has 0 saturated heterocycles. The Bertz CT molecular complexity index is 574. The highest BCUT2D eigenvalue weighted by Crippen LogP contribution is 2.15. The van der Waals surface area contributed by atoms with Gasteiger partial charge in [-0.15, -0.1) is 0 Å². The Balaban J connectivity index is 2.37. The molecule has 1 rings (SSSR count). The SMILES string of the molecule is C=Cc1c(C)cccc1C(=O)NCCCNC(=O)OC(C)(C)C. The Kier molecular flexibility index (Phi) is 6.82. The van der Waals surface area contributed by atoms with Gasteiger partial charge in [0.25, 0.3) is 5.91 Å². The quantitative estimate of drug-likeness (QED) is 0.791. The van der Waals surface area contributed by atoms with Crippen LogP contribution in [0.4, 0.5) is 4.79 Å². The Hall–Kier alpha value is -2.30. The van der Waals surface area contributed by atoms with Crippen molar-refractivity contribution in [3.63, 3.8) is 0 Å². The van der Waals surface area contributed by atoms with Gasteiger partial charge in [-0.1, -0.05) is 24.8 Å². The molecule has 0 fully saturated rings. The number of nitrogens with one attached hydrogen (secondary N) is 2. The molecule has 5 nitrogen and oxygen atoms in total. The van der Waals surface area contributed by atoms with Crippen molar-refractivity contribution in [2.45, 2.75) is 39.7 Å². The third-order valence-corrected chi connectivity index (χ3v) is 3.08. The van der Waals surface area contributed by atoms with E-state index in [-0.39, 0.29) is 5.91 Å². The fourth-order valence-corrected chi connectivity index (χ4v) is 2.04. The lowest BCUT2D eigenvalue weighted by Crippen LogP contribution is -2.34. The van der Waals surface area contributed by atoms with Crippen LogP contribution in [0.15, 0.2) is 24.8 Å². The third kappa shape index (κ3) is 6.55. The second kappa shape index (κ2) is 8.36. The Morgan fingerprint density at radius 2 is 1.87 bits per heavy atom. The summed E-state index contributed by atoms with van der Waals surface area (Å²) in [5, 5.41) is 5.50. The van der Waals surface area contributed by atoms with Gasteiger partial charge >= 0.3 is 6.09 Å². The van der Waals surface area contributed by atoms with Crippen molar-refractivity contribution in [2.24, 2.45) is 0 Å². The van der Waals surface area contributed by atoms with Crippen molar-refractivity contribution in [3.05, 3.63) is 41.5 Å². The maximum Gasteiger partial charge on any atom is 0.407 e. The van der Waals surface area contributed by atoms with E-state index in [1.54, 1.807) is 12.1 Å². The molecular weight excluding hydrogens is 292 g/mol. The number of benzene rings is 1. The zero-order valence-corrected chi connectivity index (χ0v) is 14.4. The number of amides is 2. The molecule has 0 aliphatic rings. The fourth-order valence-electron chi connectivity index (χ4n) is 2.04. The topological polar surface area (TPSA) is 67.4 Å². The molecule has 0 atom stereocenters. The molecule has 126 valence electrons. The van der Waals surface area contributed by atoms with Gasteiger partial charge in [0.1, 0.15) is 5.60 Å². The van der Waals surface area contributed by atoms with Gasteiger partial charge in [0.15, 0.2) is 0 Å². The average Bonchev–Trinajstić information content (AvgIpc) is 2.44. The van der Waals surface area contributed by atoms with Crippen LogP contribution in [0.3, 0.4) is 0 Å². The Morgan fingerprint density at radius 1 is 1.22 bits per heavy atom. The van der Waals surface area contributed by atoms with Gasteiger partial charge in [-0.3, -0.25) is 4.79 Å². The van der Waals surface area contributed by atoms with Gasteiger partial charge in [-0.2, -0.15) is 0 Å². The average molecular weight is 318 g/mol. The fraction of sp³-hybridized carbons (Fsp3) is 0.444. The van der Waals surface area contributed by atoms with Crippen molar-refractivity contribution in [1.82, 2.24) is 10.6 Å². The maximum atomic E-state index is 12.2. The first-order chi connectivity index (χ1) is 10.7. The highest BCUT2D eigenvalue weighted by atomic mass is 16.6. The van der Waals surface area contributed by atoms with Crippen molar-refractivity contribution in [2.75, 3.05) is 13.1 Å². The van der Waals surface area contributed by atoms with Crippen molar-refractivity contribution >= 4 is 18.1 Å². The summed E-state index contributed by atoms with van der Waals surface area (Å²) >= 11 is 0. The highest BCUT2D eigenvalue weighted by molar-refractivity contribution is 5.98. The predicted octanol–water partition coefficient (Wildman–Crippen LogP) is 3.28. The summed E-state index contributed by atoms with van der Waals surface area (Å²) in [6.07, 6.45) is 1.87. The number of rotatable bonds is 6. The van der Waals surface area contributed by atoms with Crippen molar-refractivity contribution in [1.29, 1.82) is 0 Å². The summed E-state index contributed by atoms with van der Waals surface area (Å²) in [6.45, 7) is 12.0. The van der Waals surface area contributed by atoms with E-state index in [1.807, 2.05) is 39.8 Å². The molecule has 1 aromatic rings. The van der Waals surface area contributed by atoms with E-state index < -0.39 is 11.7 Å². The van der Waals surface area contributed by atoms with Gasteiger partial charge in [0.2, 0.25) is 0 Å². The van der Waals surface area contributed by atoms with Crippen LogP contribution in [-0.4, -0.2) is 30.7 Å². The van der Waals surface area contributed by atoms with E-state index in [0.29, 0.717) is 25.1 Å². The third-order valence-electron chi connectivity index (χ3n) is 3.08. The van der Waals surface area contributed by atoms with Crippen molar-refractivity contribution < 1.29 is 14.3 Å². The lowest BCUT2D eigenvalue weighted by atomic mass is 10.0. The Labute approximate surface area is 138 Å². The molecule has 0 radical (unpaired) electrons. The molecule has 0 aliphatic carbocycles. The molecular formula is C18H26N2O3. The minimum Gasteiger partial charge on any atom is -0.444 e. The molecule has 0 saturated carbocycles. The number of carbonyl (C=O) groups excluding carboxylic acids is 2. The van der Waals surface area contributed by atoms with Crippen LogP contribution in [0.1, 0.15) is 48.7 Å². The smallest absolute Gasteiger partial charge is 0.407 e. The van der Waals surface area contributed by atoms with E-state index in [0.717, 1.165) is 11.1 Å². The van der Waals surface area contributed by atoms with Gasteiger partial charge < -0.3 is 15.4 Å². The minimum absolute atomic E-state index is 0.138. The summed E-state index contributed by atoms with van der Waals surface area (Å²) in [6, 6.07) is 5.57. The second-order valence-corrected chi connectivity index (χ2v) is 6.28. The number of hydrogen-bond acceptors (Lipinski definition) is 3. The molecule has 0 bridgehead atoms. The highest BCUT2D eigenvalue weighted by Gasteiger charge is 2.15. The molecule has 0 aliphatic heterocycles. The molecule has 0 spiro atoms. The lowest BCUT2D eigenvalue weighted by molar-refractivity contribution is 0.0527. The number of carbonyl (C=O) groups is 2. The zero-order valence-electron chi connectivity index (χ0n) is 14.4. The molecule has 5 heteroatoms. The van der Waals surface area contributed by atoms with E-state index in [9.17, 15) is 9.59 Å². The van der Waals surface area contributed by atoms with Crippen LogP contribution in [0.25, 0.3) is 6.08 Å². The molecule has 1 aromatic carbocycles. The van der Waals surface area contributed by atoms with E-state index >= 15 is 0 Å². The molecule has 0 heterocycles. The summed E-state index contributed by atoms with van der Waals surface area (Å²) in [4.78, 5) is 23.7. The molecule has 0 aromatic heterocycles. The van der Waals surface area contributed by atoms with E-state index in [1.165, 1.54) is 0 Å². The van der Waals surface area contributed by atoms with Crippen molar-refractivity contribution in [3.8, 4) is 0 Å². The first-order valence-electron chi connectivity index (χ1n) is 7.71. The number of aryl methyl sites for hydroxylation is 1. The van der Waals surface area contributed by atoms with Gasteiger partial charge in [0, 0.05) is 18.7 Å². The predicted molar refractivity (Wildman–Crippen MR) is 92.5 cm³/mol. The number of alkyl carbamates (subject to hydrolysis) is 1. The van der Waals surface area contributed by atoms with Crippen LogP contribution in [0.2, 0.25) is 0 Å². The lowest BCUT2D eigenvalue weighted by Gasteiger charge is -2.19. The summed E-state index contributed by atoms with van der Waals surface area (Å²) in [7, 11) is 0. The Morgan fingerprint density at radius 3 is 2.48 bits per heavy atom. The normalized spacial score (nSPS) is 10.8. The van der Waals surface area contributed by atoms with Crippen LogP contribution in [0.5, 0.6) is 0 Å². The van der Waals surface area contributed by atoms with Crippen LogP contribution in [0, 0.1) is 6.92 Å². The number of ether oxygens (including phenoxy) is 1. The summed E-state index contributed by atoms with van der Waals surface area (Å²) < 4.78 is 5.13. The summed E-state index contributed by atoms with van der Waals surface area (Å²) in [5.74, 6) is -0.138. The van der Waals surface area contributed by atoms with Gasteiger partial charge in [-0.25, -0.2) is 4.79 Å². The maximum absolute atomic E-state index is 12.2. The van der Waals surface area contributed by atoms with Crippen LogP contribution < -0.4 is 10.6 Å². The van der Waals surface area contributed by atoms with Gasteiger partial charge in [0.05, 0.1) is 0 Å². The van der Waals surface area contributed by atoms with Crippen LogP contribution in [-0.2, 0) is 4.74 Å². The molecule has 0 unspecified atom stereocenters. The second-order valence-electron chi connectivity index (χ2n) is 6.28. The molecule has 2 amide bonds. The minimum atomic E-state index is -0.509. The monoisotopic (exact) mass is 318 g/mol. The van der Waals surface area contributed by atoms with E-state index in [2.05, 4.69) is 17.2 Å². The number of hydrogen-bond donors (Lipinski definition) is 2. The molecule has 2 N–H and O–H groups in total. The standard InChI is InChI=1S/C18H26N2O3/c1-6-14-13(2)9-7-10-15(14)16(21)19-11-8-12-20-17(22)23-18(3,4)5/h6-7,9-10H,1,8,11-12H2,2-5H3,(H,19,21)(H,20,22). The summed E-state index contributed by atoms with van der Waals surface area (Å²) in [5.41, 5.74) is 1.96. The first-order valence-corrected chi connectivity index (χ1v) is 7.71. The first kappa shape index (κ1) is 18.7. The van der Waals surface area contributed by atoms with Gasteiger partial charge in [-0.05, 0) is 51.3 Å².